The van der Waals surface area contributed by atoms with Crippen LogP contribution in [0.15, 0.2) is 24.5 Å². The molecule has 2 rings (SSSR count). The number of hydrogen-bond donors (Lipinski definition) is 0. The number of aryl methyl sites for hydroxylation is 2. The predicted octanol–water partition coefficient (Wildman–Crippen LogP) is 1.70. The van der Waals surface area contributed by atoms with Crippen LogP contribution in [0.25, 0.3) is 11.0 Å². The van der Waals surface area contributed by atoms with Crippen molar-refractivity contribution in [2.45, 2.75) is 12.8 Å². The largest absolute Gasteiger partial charge is 0.335 e. The number of aromatic nitrogens is 2. The molecule has 72 valence electrons. The number of aldehydes is 1. The van der Waals surface area contributed by atoms with E-state index in [1.807, 2.05) is 29.9 Å². The van der Waals surface area contributed by atoms with Crippen molar-refractivity contribution in [2.24, 2.45) is 7.05 Å². The average molecular weight is 188 g/mol. The van der Waals surface area contributed by atoms with E-state index in [4.69, 9.17) is 0 Å². The van der Waals surface area contributed by atoms with Crippen molar-refractivity contribution < 1.29 is 4.79 Å². The molecule has 2 aromatic heterocycles. The minimum Gasteiger partial charge on any atom is -0.335 e. The van der Waals surface area contributed by atoms with Crippen LogP contribution in [0, 0.1) is 0 Å². The Hall–Kier alpha value is -1.64. The lowest BCUT2D eigenvalue weighted by Gasteiger charge is -1.93. The molecule has 3 heteroatoms. The van der Waals surface area contributed by atoms with Crippen LogP contribution in [0.4, 0.5) is 0 Å². The summed E-state index contributed by atoms with van der Waals surface area (Å²) in [6.07, 6.45) is 6.16. The van der Waals surface area contributed by atoms with Crippen LogP contribution in [0.5, 0.6) is 0 Å². The van der Waals surface area contributed by atoms with E-state index < -0.39 is 0 Å². The van der Waals surface area contributed by atoms with Gasteiger partial charge in [-0.2, -0.15) is 0 Å². The van der Waals surface area contributed by atoms with Gasteiger partial charge in [-0.25, -0.2) is 4.98 Å². The number of carbonyl (C=O) groups is 1. The first-order chi connectivity index (χ1) is 6.83. The molecule has 0 aliphatic heterocycles. The second-order valence-corrected chi connectivity index (χ2v) is 3.35. The third-order valence-electron chi connectivity index (χ3n) is 2.35. The fraction of sp³-hybridized carbons (Fsp3) is 0.273. The summed E-state index contributed by atoms with van der Waals surface area (Å²) in [5, 5.41) is 1.15. The molecule has 0 aliphatic carbocycles. The Balaban J connectivity index is 2.49. The highest BCUT2D eigenvalue weighted by molar-refractivity contribution is 5.80. The van der Waals surface area contributed by atoms with Gasteiger partial charge in [0.15, 0.2) is 0 Å². The van der Waals surface area contributed by atoms with Gasteiger partial charge in [0.25, 0.3) is 0 Å². The molecule has 0 saturated heterocycles. The van der Waals surface area contributed by atoms with Crippen LogP contribution in [0.3, 0.4) is 0 Å². The van der Waals surface area contributed by atoms with E-state index >= 15 is 0 Å². The highest BCUT2D eigenvalue weighted by Crippen LogP contribution is 2.18. The Labute approximate surface area is 82.4 Å². The van der Waals surface area contributed by atoms with E-state index in [0.717, 1.165) is 23.7 Å². The molecule has 0 radical (unpaired) electrons. The van der Waals surface area contributed by atoms with E-state index in [-0.39, 0.29) is 0 Å². The van der Waals surface area contributed by atoms with E-state index in [1.165, 1.54) is 5.56 Å². The summed E-state index contributed by atoms with van der Waals surface area (Å²) in [5.41, 5.74) is 2.18. The predicted molar refractivity (Wildman–Crippen MR) is 55.1 cm³/mol. The zero-order valence-corrected chi connectivity index (χ0v) is 8.10. The van der Waals surface area contributed by atoms with Gasteiger partial charge in [0.05, 0.1) is 0 Å². The standard InChI is InChI=1S/C11H12N2O/c1-13-8-9(4-3-7-14)10-5-2-6-12-11(10)13/h2,5-8H,3-4H2,1H3. The Morgan fingerprint density at radius 2 is 2.43 bits per heavy atom. The van der Waals surface area contributed by atoms with Crippen molar-refractivity contribution in [1.82, 2.24) is 9.55 Å². The summed E-state index contributed by atoms with van der Waals surface area (Å²) in [7, 11) is 1.97. The maximum atomic E-state index is 10.3. The van der Waals surface area contributed by atoms with Crippen LogP contribution in [-0.4, -0.2) is 15.8 Å². The van der Waals surface area contributed by atoms with E-state index in [9.17, 15) is 4.79 Å². The molecule has 2 aromatic rings. The fourth-order valence-electron chi connectivity index (χ4n) is 1.71. The van der Waals surface area contributed by atoms with Gasteiger partial charge in [-0.3, -0.25) is 0 Å². The van der Waals surface area contributed by atoms with Gasteiger partial charge in [-0.1, -0.05) is 0 Å². The topological polar surface area (TPSA) is 34.9 Å². The van der Waals surface area contributed by atoms with Crippen molar-refractivity contribution in [3.05, 3.63) is 30.1 Å². The third-order valence-corrected chi connectivity index (χ3v) is 2.35. The number of pyridine rings is 1. The van der Waals surface area contributed by atoms with Gasteiger partial charge in [0.2, 0.25) is 0 Å². The van der Waals surface area contributed by atoms with Crippen molar-refractivity contribution in [3.63, 3.8) is 0 Å². The Bertz CT molecular complexity index is 459. The van der Waals surface area contributed by atoms with Crippen LogP contribution >= 0.6 is 0 Å². The second kappa shape index (κ2) is 3.62. The lowest BCUT2D eigenvalue weighted by molar-refractivity contribution is -0.107. The first-order valence-corrected chi connectivity index (χ1v) is 4.65. The first-order valence-electron chi connectivity index (χ1n) is 4.65. The molecule has 0 amide bonds. The highest BCUT2D eigenvalue weighted by Gasteiger charge is 2.05. The molecule has 0 atom stereocenters. The fourth-order valence-corrected chi connectivity index (χ4v) is 1.71. The summed E-state index contributed by atoms with van der Waals surface area (Å²) in [5.74, 6) is 0. The number of hydrogen-bond acceptors (Lipinski definition) is 2. The monoisotopic (exact) mass is 188 g/mol. The molecule has 0 N–H and O–H groups in total. The molecule has 2 heterocycles. The maximum absolute atomic E-state index is 10.3. The average Bonchev–Trinajstić information content (AvgIpc) is 2.54. The van der Waals surface area contributed by atoms with E-state index in [0.29, 0.717) is 6.42 Å². The minimum absolute atomic E-state index is 0.577. The summed E-state index contributed by atoms with van der Waals surface area (Å²) in [6, 6.07) is 3.97. The molecule has 3 nitrogen and oxygen atoms in total. The molecule has 0 unspecified atom stereocenters. The molecule has 0 saturated carbocycles. The van der Waals surface area contributed by atoms with Gasteiger partial charge in [-0.15, -0.1) is 0 Å². The zero-order chi connectivity index (χ0) is 9.97. The normalized spacial score (nSPS) is 10.6. The minimum atomic E-state index is 0.577. The van der Waals surface area contributed by atoms with Crippen molar-refractivity contribution in [3.8, 4) is 0 Å². The van der Waals surface area contributed by atoms with Crippen LogP contribution < -0.4 is 0 Å². The third kappa shape index (κ3) is 1.41. The molecule has 0 aromatic carbocycles. The summed E-state index contributed by atoms with van der Waals surface area (Å²) >= 11 is 0. The Morgan fingerprint density at radius 1 is 1.57 bits per heavy atom. The quantitative estimate of drug-likeness (QED) is 0.687. The van der Waals surface area contributed by atoms with Crippen LogP contribution in [0.2, 0.25) is 0 Å². The Kier molecular flexibility index (Phi) is 2.31. The smallest absolute Gasteiger partial charge is 0.139 e. The summed E-state index contributed by atoms with van der Waals surface area (Å²) < 4.78 is 2.00. The van der Waals surface area contributed by atoms with Crippen molar-refractivity contribution in [2.75, 3.05) is 0 Å². The number of nitrogens with zero attached hydrogens (tertiary/aromatic N) is 2. The number of rotatable bonds is 3. The lowest BCUT2D eigenvalue weighted by atomic mass is 10.1. The van der Waals surface area contributed by atoms with E-state index in [1.54, 1.807) is 6.20 Å². The molecule has 0 bridgehead atoms. The van der Waals surface area contributed by atoms with E-state index in [2.05, 4.69) is 4.98 Å². The van der Waals surface area contributed by atoms with Gasteiger partial charge in [0.1, 0.15) is 11.9 Å². The number of carbonyl (C=O) groups excluding carboxylic acids is 1. The van der Waals surface area contributed by atoms with Crippen molar-refractivity contribution >= 4 is 17.3 Å². The molecular weight excluding hydrogens is 176 g/mol. The zero-order valence-electron chi connectivity index (χ0n) is 8.10. The van der Waals surface area contributed by atoms with Gasteiger partial charge in [-0.05, 0) is 24.1 Å². The number of fused-ring (bicyclic) bond motifs is 1. The van der Waals surface area contributed by atoms with Gasteiger partial charge >= 0.3 is 0 Å². The maximum Gasteiger partial charge on any atom is 0.139 e. The second-order valence-electron chi connectivity index (χ2n) is 3.35. The summed E-state index contributed by atoms with van der Waals surface area (Å²) in [6.45, 7) is 0. The lowest BCUT2D eigenvalue weighted by Crippen LogP contribution is -1.85. The molecule has 0 aliphatic rings. The Morgan fingerprint density at radius 3 is 3.21 bits per heavy atom. The van der Waals surface area contributed by atoms with Crippen LogP contribution in [-0.2, 0) is 18.3 Å². The SMILES string of the molecule is Cn1cc(CCC=O)c2cccnc21. The van der Waals surface area contributed by atoms with Crippen LogP contribution in [0.1, 0.15) is 12.0 Å². The molecule has 0 spiro atoms. The van der Waals surface area contributed by atoms with Crippen molar-refractivity contribution in [1.29, 1.82) is 0 Å². The van der Waals surface area contributed by atoms with Gasteiger partial charge < -0.3 is 9.36 Å². The molecule has 14 heavy (non-hydrogen) atoms. The molecule has 0 fully saturated rings. The van der Waals surface area contributed by atoms with Gasteiger partial charge in [0, 0.05) is 31.2 Å². The highest BCUT2D eigenvalue weighted by atomic mass is 16.1. The summed E-state index contributed by atoms with van der Waals surface area (Å²) in [4.78, 5) is 14.6. The first kappa shape index (κ1) is 8.94. The molecular formula is C11H12N2O.